The number of hydrogen-bond acceptors (Lipinski definition) is 5. The fraction of sp³-hybridized carbons (Fsp3) is 0.400. The van der Waals surface area contributed by atoms with Crippen LogP contribution in [0.15, 0.2) is 53.7 Å². The molecule has 0 bridgehead atoms. The van der Waals surface area contributed by atoms with E-state index < -0.39 is 10.0 Å². The number of ether oxygens (including phenoxy) is 1. The van der Waals surface area contributed by atoms with Crippen LogP contribution in [-0.4, -0.2) is 61.4 Å². The van der Waals surface area contributed by atoms with Crippen LogP contribution in [0.25, 0.3) is 0 Å². The highest BCUT2D eigenvalue weighted by atomic mass is 32.2. The van der Waals surface area contributed by atoms with Gasteiger partial charge in [0.25, 0.3) is 0 Å². The zero-order valence-corrected chi connectivity index (χ0v) is 17.4. The van der Waals surface area contributed by atoms with Crippen LogP contribution in [0.4, 0.5) is 4.79 Å². The van der Waals surface area contributed by atoms with Crippen LogP contribution in [0.3, 0.4) is 0 Å². The van der Waals surface area contributed by atoms with E-state index in [1.807, 2.05) is 26.0 Å². The zero-order valence-electron chi connectivity index (χ0n) is 16.6. The smallest absolute Gasteiger partial charge is 0.317 e. The molecule has 2 amide bonds. The Morgan fingerprint density at radius 1 is 1.10 bits per heavy atom. The summed E-state index contributed by atoms with van der Waals surface area (Å²) in [5, 5.41) is 2.95. The molecule has 1 aromatic heterocycles. The Kier molecular flexibility index (Phi) is 6.71. The van der Waals surface area contributed by atoms with E-state index >= 15 is 0 Å². The van der Waals surface area contributed by atoms with Crippen LogP contribution >= 0.6 is 0 Å². The third-order valence-corrected chi connectivity index (χ3v) is 6.76. The summed E-state index contributed by atoms with van der Waals surface area (Å²) in [5.41, 5.74) is 0.963. The third kappa shape index (κ3) is 5.04. The minimum Gasteiger partial charge on any atom is -0.494 e. The SMILES string of the molecule is CCOc1ccc(S(=O)(=O)N2CCN(C(=O)N[C@H](C)c3ccncc3)CC2)cc1. The Bertz CT molecular complexity index is 911. The van der Waals surface area contributed by atoms with Gasteiger partial charge in [0.15, 0.2) is 0 Å². The van der Waals surface area contributed by atoms with Crippen LogP contribution in [0.5, 0.6) is 5.75 Å². The second kappa shape index (κ2) is 9.23. The third-order valence-electron chi connectivity index (χ3n) is 4.84. The predicted molar refractivity (Wildman–Crippen MR) is 109 cm³/mol. The first-order valence-electron chi connectivity index (χ1n) is 9.60. The van der Waals surface area contributed by atoms with Crippen LogP contribution in [0, 0.1) is 0 Å². The molecule has 1 N–H and O–H groups in total. The lowest BCUT2D eigenvalue weighted by molar-refractivity contribution is 0.169. The first-order chi connectivity index (χ1) is 13.9. The molecule has 29 heavy (non-hydrogen) atoms. The Morgan fingerprint density at radius 2 is 1.72 bits per heavy atom. The Balaban J connectivity index is 1.57. The van der Waals surface area contributed by atoms with Crippen LogP contribution < -0.4 is 10.1 Å². The van der Waals surface area contributed by atoms with Gasteiger partial charge in [0, 0.05) is 38.6 Å². The topological polar surface area (TPSA) is 91.8 Å². The standard InChI is InChI=1S/C20H26N4O4S/c1-3-28-18-4-6-19(7-5-18)29(26,27)24-14-12-23(13-15-24)20(25)22-16(2)17-8-10-21-11-9-17/h4-11,16H,3,12-15H2,1-2H3,(H,22,25)/t16-/m1/s1. The lowest BCUT2D eigenvalue weighted by Gasteiger charge is -2.34. The van der Waals surface area contributed by atoms with Crippen molar-refractivity contribution in [3.05, 3.63) is 54.4 Å². The number of hydrogen-bond donors (Lipinski definition) is 1. The van der Waals surface area contributed by atoms with Crippen molar-refractivity contribution < 1.29 is 17.9 Å². The Morgan fingerprint density at radius 3 is 2.31 bits per heavy atom. The van der Waals surface area contributed by atoms with Gasteiger partial charge in [-0.1, -0.05) is 0 Å². The van der Waals surface area contributed by atoms with E-state index in [0.29, 0.717) is 25.4 Å². The van der Waals surface area contributed by atoms with Crippen molar-refractivity contribution in [1.82, 2.24) is 19.5 Å². The van der Waals surface area contributed by atoms with Gasteiger partial charge in [-0.15, -0.1) is 0 Å². The number of carbonyl (C=O) groups is 1. The molecule has 1 aromatic carbocycles. The van der Waals surface area contributed by atoms with Gasteiger partial charge in [-0.25, -0.2) is 13.2 Å². The lowest BCUT2D eigenvalue weighted by Crippen LogP contribution is -2.53. The number of nitrogens with zero attached hydrogens (tertiary/aromatic N) is 3. The molecule has 2 heterocycles. The normalized spacial score (nSPS) is 16.3. The predicted octanol–water partition coefficient (Wildman–Crippen LogP) is 2.26. The number of nitrogens with one attached hydrogen (secondary N) is 1. The molecule has 1 aliphatic rings. The summed E-state index contributed by atoms with van der Waals surface area (Å²) in [6.07, 6.45) is 3.37. The van der Waals surface area contributed by atoms with Gasteiger partial charge in [-0.05, 0) is 55.8 Å². The molecular formula is C20H26N4O4S. The second-order valence-corrected chi connectivity index (χ2v) is 8.69. The number of amides is 2. The van der Waals surface area contributed by atoms with Crippen molar-refractivity contribution in [3.63, 3.8) is 0 Å². The number of piperazine rings is 1. The number of aromatic nitrogens is 1. The van der Waals surface area contributed by atoms with E-state index in [2.05, 4.69) is 10.3 Å². The summed E-state index contributed by atoms with van der Waals surface area (Å²) in [6.45, 7) is 5.49. The van der Waals surface area contributed by atoms with Crippen molar-refractivity contribution in [3.8, 4) is 5.75 Å². The second-order valence-electron chi connectivity index (χ2n) is 6.75. The van der Waals surface area contributed by atoms with Gasteiger partial charge in [0.05, 0.1) is 17.5 Å². The molecular weight excluding hydrogens is 392 g/mol. The fourth-order valence-electron chi connectivity index (χ4n) is 3.17. The molecule has 1 atom stereocenters. The maximum absolute atomic E-state index is 12.9. The quantitative estimate of drug-likeness (QED) is 0.777. The van der Waals surface area contributed by atoms with E-state index in [0.717, 1.165) is 5.56 Å². The van der Waals surface area contributed by atoms with Gasteiger partial charge in [-0.2, -0.15) is 4.31 Å². The molecule has 9 heteroatoms. The molecule has 0 spiro atoms. The largest absolute Gasteiger partial charge is 0.494 e. The number of benzene rings is 1. The van der Waals surface area contributed by atoms with Crippen molar-refractivity contribution in [2.24, 2.45) is 0 Å². The molecule has 1 aliphatic heterocycles. The highest BCUT2D eigenvalue weighted by Crippen LogP contribution is 2.21. The highest BCUT2D eigenvalue weighted by Gasteiger charge is 2.30. The minimum atomic E-state index is -3.60. The van der Waals surface area contributed by atoms with Crippen LogP contribution in [-0.2, 0) is 10.0 Å². The number of sulfonamides is 1. The van der Waals surface area contributed by atoms with Crippen molar-refractivity contribution in [2.75, 3.05) is 32.8 Å². The summed E-state index contributed by atoms with van der Waals surface area (Å²) in [7, 11) is -3.60. The van der Waals surface area contributed by atoms with E-state index in [-0.39, 0.29) is 30.1 Å². The van der Waals surface area contributed by atoms with Crippen molar-refractivity contribution in [2.45, 2.75) is 24.8 Å². The van der Waals surface area contributed by atoms with Crippen molar-refractivity contribution in [1.29, 1.82) is 0 Å². The van der Waals surface area contributed by atoms with E-state index in [4.69, 9.17) is 4.74 Å². The molecule has 8 nitrogen and oxygen atoms in total. The number of carbonyl (C=O) groups excluding carboxylic acids is 1. The number of rotatable bonds is 6. The summed E-state index contributed by atoms with van der Waals surface area (Å²) in [5.74, 6) is 0.635. The molecule has 0 saturated carbocycles. The van der Waals surface area contributed by atoms with Gasteiger partial charge >= 0.3 is 6.03 Å². The van der Waals surface area contributed by atoms with Crippen molar-refractivity contribution >= 4 is 16.1 Å². The molecule has 1 saturated heterocycles. The van der Waals surface area contributed by atoms with Gasteiger partial charge < -0.3 is 15.0 Å². The molecule has 1 fully saturated rings. The summed E-state index contributed by atoms with van der Waals surface area (Å²) in [6, 6.07) is 9.76. The molecule has 2 aromatic rings. The van der Waals surface area contributed by atoms with E-state index in [1.54, 1.807) is 41.6 Å². The first-order valence-corrected chi connectivity index (χ1v) is 11.0. The minimum absolute atomic E-state index is 0.156. The van der Waals surface area contributed by atoms with Gasteiger partial charge in [0.1, 0.15) is 5.75 Å². The molecule has 0 aliphatic carbocycles. The fourth-order valence-corrected chi connectivity index (χ4v) is 4.59. The number of urea groups is 1. The Hall–Kier alpha value is -2.65. The highest BCUT2D eigenvalue weighted by molar-refractivity contribution is 7.89. The van der Waals surface area contributed by atoms with Gasteiger partial charge in [-0.3, -0.25) is 4.98 Å². The summed E-state index contributed by atoms with van der Waals surface area (Å²) < 4.78 is 32.5. The summed E-state index contributed by atoms with van der Waals surface area (Å²) >= 11 is 0. The summed E-state index contributed by atoms with van der Waals surface area (Å²) in [4.78, 5) is 18.4. The zero-order chi connectivity index (χ0) is 20.9. The average molecular weight is 419 g/mol. The average Bonchev–Trinajstić information content (AvgIpc) is 2.75. The van der Waals surface area contributed by atoms with E-state index in [9.17, 15) is 13.2 Å². The molecule has 0 radical (unpaired) electrons. The lowest BCUT2D eigenvalue weighted by atomic mass is 10.1. The number of pyridine rings is 1. The molecule has 3 rings (SSSR count). The van der Waals surface area contributed by atoms with E-state index in [1.165, 1.54) is 4.31 Å². The van der Waals surface area contributed by atoms with Crippen LogP contribution in [0.1, 0.15) is 25.5 Å². The molecule has 0 unspecified atom stereocenters. The van der Waals surface area contributed by atoms with Gasteiger partial charge in [0.2, 0.25) is 10.0 Å². The van der Waals surface area contributed by atoms with Crippen LogP contribution in [0.2, 0.25) is 0 Å². The first kappa shape index (κ1) is 21.1. The maximum atomic E-state index is 12.9. The maximum Gasteiger partial charge on any atom is 0.317 e. The Labute approximate surface area is 171 Å². The molecule has 156 valence electrons. The monoisotopic (exact) mass is 418 g/mol.